The molecule has 1 fully saturated rings. The summed E-state index contributed by atoms with van der Waals surface area (Å²) in [4.78, 5) is 26.7. The third kappa shape index (κ3) is 2.29. The lowest BCUT2D eigenvalue weighted by Gasteiger charge is -2.40. The average Bonchev–Trinajstić information content (AvgIpc) is 2.84. The van der Waals surface area contributed by atoms with Gasteiger partial charge < -0.3 is 10.2 Å². The quantitative estimate of drug-likeness (QED) is 0.879. The summed E-state index contributed by atoms with van der Waals surface area (Å²) in [6, 6.07) is 6.15. The molecule has 0 unspecified atom stereocenters. The average molecular weight is 306 g/mol. The number of rotatable bonds is 1. The van der Waals surface area contributed by atoms with Crippen molar-refractivity contribution in [3.05, 3.63) is 35.0 Å². The molecule has 0 atom stereocenters. The number of amides is 2. The number of carbonyl (C=O) groups excluding carboxylic acids is 2. The van der Waals surface area contributed by atoms with Crippen LogP contribution in [0.3, 0.4) is 0 Å². The highest BCUT2D eigenvalue weighted by Gasteiger charge is 2.41. The van der Waals surface area contributed by atoms with Gasteiger partial charge in [0.1, 0.15) is 11.4 Å². The molecule has 1 aromatic heterocycles. The van der Waals surface area contributed by atoms with Gasteiger partial charge in [-0.05, 0) is 43.5 Å². The first-order valence-electron chi connectivity index (χ1n) is 6.69. The van der Waals surface area contributed by atoms with E-state index in [-0.39, 0.29) is 17.6 Å². The van der Waals surface area contributed by atoms with Crippen LogP contribution in [0.2, 0.25) is 0 Å². The maximum Gasteiger partial charge on any atom is 0.264 e. The Bertz CT molecular complexity index is 738. The summed E-state index contributed by atoms with van der Waals surface area (Å²) in [5.74, 6) is -0.664. The van der Waals surface area contributed by atoms with Gasteiger partial charge >= 0.3 is 0 Å². The molecule has 1 aliphatic rings. The first-order chi connectivity index (χ1) is 9.89. The molecule has 1 N–H and O–H groups in total. The number of carbonyl (C=O) groups is 2. The number of piperazine rings is 1. The largest absolute Gasteiger partial charge is 0.352 e. The van der Waals surface area contributed by atoms with Crippen LogP contribution in [0, 0.1) is 5.82 Å². The number of nitrogens with one attached hydrogen (secondary N) is 1. The third-order valence-corrected chi connectivity index (χ3v) is 4.89. The Morgan fingerprint density at radius 2 is 2.14 bits per heavy atom. The van der Waals surface area contributed by atoms with Crippen LogP contribution < -0.4 is 5.32 Å². The van der Waals surface area contributed by atoms with Crippen molar-refractivity contribution in [1.29, 1.82) is 0 Å². The van der Waals surface area contributed by atoms with Crippen molar-refractivity contribution in [1.82, 2.24) is 10.2 Å². The smallest absolute Gasteiger partial charge is 0.264 e. The maximum absolute atomic E-state index is 13.2. The molecule has 0 aliphatic carbocycles. The molecule has 4 nitrogen and oxygen atoms in total. The molecular weight excluding hydrogens is 291 g/mol. The van der Waals surface area contributed by atoms with E-state index in [2.05, 4.69) is 5.32 Å². The Hall–Kier alpha value is -1.95. The summed E-state index contributed by atoms with van der Waals surface area (Å²) < 4.78 is 14.1. The second-order valence-corrected chi connectivity index (χ2v) is 6.65. The van der Waals surface area contributed by atoms with Crippen molar-refractivity contribution in [2.45, 2.75) is 19.4 Å². The van der Waals surface area contributed by atoms with Crippen LogP contribution in [0.15, 0.2) is 24.3 Å². The lowest BCUT2D eigenvalue weighted by molar-refractivity contribution is -0.133. The van der Waals surface area contributed by atoms with Gasteiger partial charge in [0.25, 0.3) is 5.91 Å². The topological polar surface area (TPSA) is 49.4 Å². The van der Waals surface area contributed by atoms with Gasteiger partial charge in [-0.1, -0.05) is 0 Å². The highest BCUT2D eigenvalue weighted by molar-refractivity contribution is 7.20. The Balaban J connectivity index is 1.98. The van der Waals surface area contributed by atoms with Gasteiger partial charge in [0, 0.05) is 17.8 Å². The van der Waals surface area contributed by atoms with E-state index in [4.69, 9.17) is 0 Å². The predicted molar refractivity (Wildman–Crippen MR) is 79.9 cm³/mol. The van der Waals surface area contributed by atoms with Gasteiger partial charge in [-0.3, -0.25) is 9.59 Å². The normalized spacial score (nSPS) is 17.9. The molecule has 2 aromatic rings. The van der Waals surface area contributed by atoms with Crippen molar-refractivity contribution in [2.24, 2.45) is 0 Å². The van der Waals surface area contributed by atoms with Crippen LogP contribution in [0.5, 0.6) is 0 Å². The van der Waals surface area contributed by atoms with E-state index in [0.29, 0.717) is 23.4 Å². The molecule has 6 heteroatoms. The minimum absolute atomic E-state index is 0.158. The summed E-state index contributed by atoms with van der Waals surface area (Å²) in [6.07, 6.45) is 0. The fourth-order valence-electron chi connectivity index (χ4n) is 2.51. The van der Waals surface area contributed by atoms with E-state index in [0.717, 1.165) is 4.70 Å². The first kappa shape index (κ1) is 14.0. The zero-order valence-electron chi connectivity index (χ0n) is 11.8. The number of hydrogen-bond acceptors (Lipinski definition) is 3. The number of benzene rings is 1. The monoisotopic (exact) mass is 306 g/mol. The molecule has 1 saturated heterocycles. The van der Waals surface area contributed by atoms with Crippen LogP contribution >= 0.6 is 11.3 Å². The van der Waals surface area contributed by atoms with Crippen molar-refractivity contribution < 1.29 is 14.0 Å². The first-order valence-corrected chi connectivity index (χ1v) is 7.50. The van der Waals surface area contributed by atoms with Crippen molar-refractivity contribution in [2.75, 3.05) is 13.1 Å². The van der Waals surface area contributed by atoms with Gasteiger partial charge in [-0.15, -0.1) is 11.3 Å². The van der Waals surface area contributed by atoms with Crippen LogP contribution in [-0.4, -0.2) is 35.3 Å². The minimum atomic E-state index is -0.878. The fraction of sp³-hybridized carbons (Fsp3) is 0.333. The maximum atomic E-state index is 13.2. The second kappa shape index (κ2) is 4.80. The van der Waals surface area contributed by atoms with E-state index in [1.165, 1.54) is 23.5 Å². The lowest BCUT2D eigenvalue weighted by atomic mass is 9.98. The molecule has 3 rings (SSSR count). The number of thiophene rings is 1. The molecule has 0 saturated carbocycles. The fourth-order valence-corrected chi connectivity index (χ4v) is 3.50. The highest BCUT2D eigenvalue weighted by atomic mass is 32.1. The van der Waals surface area contributed by atoms with Crippen LogP contribution in [0.25, 0.3) is 10.1 Å². The van der Waals surface area contributed by atoms with Crippen LogP contribution in [-0.2, 0) is 4.79 Å². The van der Waals surface area contributed by atoms with Gasteiger partial charge in [0.15, 0.2) is 0 Å². The summed E-state index contributed by atoms with van der Waals surface area (Å²) >= 11 is 1.32. The lowest BCUT2D eigenvalue weighted by Crippen LogP contribution is -2.63. The number of hydrogen-bond donors (Lipinski definition) is 1. The standard InChI is InChI=1S/C15H15FN2O2S/c1-15(2)14(20)17-5-6-18(15)13(19)12-8-9-7-10(16)3-4-11(9)21-12/h3-4,7-8H,5-6H2,1-2H3,(H,17,20). The number of fused-ring (bicyclic) bond motifs is 1. The summed E-state index contributed by atoms with van der Waals surface area (Å²) in [5, 5.41) is 3.47. The predicted octanol–water partition coefficient (Wildman–Crippen LogP) is 2.39. The highest BCUT2D eigenvalue weighted by Crippen LogP contribution is 2.29. The summed E-state index contributed by atoms with van der Waals surface area (Å²) in [5.41, 5.74) is -0.878. The van der Waals surface area contributed by atoms with Gasteiger partial charge in [-0.2, -0.15) is 0 Å². The van der Waals surface area contributed by atoms with Crippen molar-refractivity contribution >= 4 is 33.2 Å². The minimum Gasteiger partial charge on any atom is -0.352 e. The second-order valence-electron chi connectivity index (χ2n) is 5.56. The zero-order valence-corrected chi connectivity index (χ0v) is 12.6. The van der Waals surface area contributed by atoms with Gasteiger partial charge in [-0.25, -0.2) is 4.39 Å². The van der Waals surface area contributed by atoms with Crippen LogP contribution in [0.4, 0.5) is 4.39 Å². The molecule has 2 amide bonds. The molecule has 0 spiro atoms. The Labute approximate surface area is 125 Å². The molecule has 21 heavy (non-hydrogen) atoms. The van der Waals surface area contributed by atoms with E-state index in [1.54, 1.807) is 30.9 Å². The Kier molecular flexibility index (Phi) is 3.20. The molecule has 0 bridgehead atoms. The molecule has 2 heterocycles. The number of nitrogens with zero attached hydrogens (tertiary/aromatic N) is 1. The molecule has 1 aliphatic heterocycles. The van der Waals surface area contributed by atoms with E-state index in [1.807, 2.05) is 0 Å². The Morgan fingerprint density at radius 1 is 1.38 bits per heavy atom. The van der Waals surface area contributed by atoms with Crippen LogP contribution in [0.1, 0.15) is 23.5 Å². The molecule has 1 aromatic carbocycles. The van der Waals surface area contributed by atoms with Gasteiger partial charge in [0.2, 0.25) is 5.91 Å². The molecule has 110 valence electrons. The summed E-state index contributed by atoms with van der Waals surface area (Å²) in [7, 11) is 0. The number of halogens is 1. The SMILES string of the molecule is CC1(C)C(=O)NCCN1C(=O)c1cc2cc(F)ccc2s1. The zero-order chi connectivity index (χ0) is 15.2. The van der Waals surface area contributed by atoms with Crippen molar-refractivity contribution in [3.8, 4) is 0 Å². The molecular formula is C15H15FN2O2S. The van der Waals surface area contributed by atoms with E-state index >= 15 is 0 Å². The summed E-state index contributed by atoms with van der Waals surface area (Å²) in [6.45, 7) is 4.38. The van der Waals surface area contributed by atoms with E-state index in [9.17, 15) is 14.0 Å². The van der Waals surface area contributed by atoms with E-state index < -0.39 is 5.54 Å². The third-order valence-electron chi connectivity index (χ3n) is 3.79. The van der Waals surface area contributed by atoms with Crippen molar-refractivity contribution in [3.63, 3.8) is 0 Å². The Morgan fingerprint density at radius 3 is 2.90 bits per heavy atom. The van der Waals surface area contributed by atoms with Gasteiger partial charge in [0.05, 0.1) is 4.88 Å². The molecule has 0 radical (unpaired) electrons.